The van der Waals surface area contributed by atoms with Gasteiger partial charge in [-0.2, -0.15) is 0 Å². The Kier molecular flexibility index (Phi) is 3.71. The van der Waals surface area contributed by atoms with Crippen molar-refractivity contribution in [2.45, 2.75) is 39.8 Å². The number of benzene rings is 1. The Balaban J connectivity index is 2.32. The molecule has 2 unspecified atom stereocenters. The Morgan fingerprint density at radius 3 is 2.44 bits per heavy atom. The highest BCUT2D eigenvalue weighted by Gasteiger charge is 2.30. The molecule has 1 saturated heterocycles. The molecule has 0 saturated carbocycles. The topological polar surface area (TPSA) is 32.3 Å². The highest BCUT2D eigenvalue weighted by atomic mass is 16.2. The van der Waals surface area contributed by atoms with Crippen LogP contribution in [0, 0.1) is 13.8 Å². The summed E-state index contributed by atoms with van der Waals surface area (Å²) in [5.41, 5.74) is 3.04. The van der Waals surface area contributed by atoms with E-state index in [0.717, 1.165) is 29.8 Å². The van der Waals surface area contributed by atoms with E-state index in [1.54, 1.807) is 0 Å². The fourth-order valence-electron chi connectivity index (χ4n) is 2.64. The summed E-state index contributed by atoms with van der Waals surface area (Å²) >= 11 is 0. The Hall–Kier alpha value is -1.35. The lowest BCUT2D eigenvalue weighted by Crippen LogP contribution is -2.57. The molecule has 3 heteroatoms. The van der Waals surface area contributed by atoms with Gasteiger partial charge in [0.05, 0.1) is 0 Å². The molecule has 0 bridgehead atoms. The Morgan fingerprint density at radius 2 is 1.83 bits per heavy atom. The van der Waals surface area contributed by atoms with Gasteiger partial charge in [-0.3, -0.25) is 4.79 Å². The molecule has 0 aromatic heterocycles. The number of rotatable bonds is 1. The van der Waals surface area contributed by atoms with Crippen LogP contribution in [0.25, 0.3) is 0 Å². The summed E-state index contributed by atoms with van der Waals surface area (Å²) < 4.78 is 0. The lowest BCUT2D eigenvalue weighted by atomic mass is 10.0. The summed E-state index contributed by atoms with van der Waals surface area (Å²) in [5, 5.41) is 3.35. The van der Waals surface area contributed by atoms with Crippen LogP contribution in [0.5, 0.6) is 0 Å². The maximum atomic E-state index is 12.7. The first kappa shape index (κ1) is 13.1. The van der Waals surface area contributed by atoms with Crippen molar-refractivity contribution in [2.75, 3.05) is 13.1 Å². The summed E-state index contributed by atoms with van der Waals surface area (Å²) in [4.78, 5) is 14.7. The van der Waals surface area contributed by atoms with Gasteiger partial charge in [-0.05, 0) is 39.3 Å². The standard InChI is InChI=1S/C15H22N2O/c1-10-5-6-11(2)14(7-10)15(18)17-12(3)8-16-9-13(17)4/h5-7,12-13,16H,8-9H2,1-4H3. The van der Waals surface area contributed by atoms with E-state index in [0.29, 0.717) is 0 Å². The van der Waals surface area contributed by atoms with Crippen LogP contribution in [0.1, 0.15) is 35.3 Å². The van der Waals surface area contributed by atoms with Crippen molar-refractivity contribution in [1.29, 1.82) is 0 Å². The van der Waals surface area contributed by atoms with E-state index in [-0.39, 0.29) is 18.0 Å². The fraction of sp³-hybridized carbons (Fsp3) is 0.533. The van der Waals surface area contributed by atoms with Crippen LogP contribution in [-0.2, 0) is 0 Å². The van der Waals surface area contributed by atoms with Crippen LogP contribution < -0.4 is 5.32 Å². The van der Waals surface area contributed by atoms with Gasteiger partial charge in [0.15, 0.2) is 0 Å². The SMILES string of the molecule is Cc1ccc(C)c(C(=O)N2C(C)CNCC2C)c1. The van der Waals surface area contributed by atoms with Gasteiger partial charge in [0.25, 0.3) is 5.91 Å². The van der Waals surface area contributed by atoms with Crippen LogP contribution in [0.3, 0.4) is 0 Å². The third kappa shape index (κ3) is 2.41. The fourth-order valence-corrected chi connectivity index (χ4v) is 2.64. The van der Waals surface area contributed by atoms with Crippen LogP contribution in [-0.4, -0.2) is 36.0 Å². The maximum Gasteiger partial charge on any atom is 0.254 e. The van der Waals surface area contributed by atoms with Crippen molar-refractivity contribution >= 4 is 5.91 Å². The number of carbonyl (C=O) groups excluding carboxylic acids is 1. The molecule has 1 N–H and O–H groups in total. The number of carbonyl (C=O) groups is 1. The monoisotopic (exact) mass is 246 g/mol. The minimum Gasteiger partial charge on any atom is -0.331 e. The van der Waals surface area contributed by atoms with E-state index in [1.165, 1.54) is 0 Å². The number of piperazine rings is 1. The van der Waals surface area contributed by atoms with Crippen molar-refractivity contribution in [3.05, 3.63) is 34.9 Å². The van der Waals surface area contributed by atoms with Crippen molar-refractivity contribution in [3.8, 4) is 0 Å². The highest BCUT2D eigenvalue weighted by Crippen LogP contribution is 2.18. The zero-order valence-electron chi connectivity index (χ0n) is 11.7. The van der Waals surface area contributed by atoms with Crippen LogP contribution in [0.4, 0.5) is 0 Å². The van der Waals surface area contributed by atoms with Gasteiger partial charge in [-0.15, -0.1) is 0 Å². The zero-order chi connectivity index (χ0) is 13.3. The molecule has 3 nitrogen and oxygen atoms in total. The summed E-state index contributed by atoms with van der Waals surface area (Å²) in [7, 11) is 0. The van der Waals surface area contributed by atoms with Crippen LogP contribution >= 0.6 is 0 Å². The molecule has 1 aromatic carbocycles. The van der Waals surface area contributed by atoms with E-state index in [4.69, 9.17) is 0 Å². The summed E-state index contributed by atoms with van der Waals surface area (Å²) in [5.74, 6) is 0.165. The van der Waals surface area contributed by atoms with Gasteiger partial charge < -0.3 is 10.2 Å². The van der Waals surface area contributed by atoms with Crippen molar-refractivity contribution in [2.24, 2.45) is 0 Å². The summed E-state index contributed by atoms with van der Waals surface area (Å²) in [6, 6.07) is 6.58. The number of nitrogens with one attached hydrogen (secondary N) is 1. The molecule has 2 rings (SSSR count). The smallest absolute Gasteiger partial charge is 0.254 e. The normalized spacial score (nSPS) is 24.1. The third-order valence-corrected chi connectivity index (χ3v) is 3.69. The molecule has 1 fully saturated rings. The van der Waals surface area contributed by atoms with E-state index in [9.17, 15) is 4.79 Å². The maximum absolute atomic E-state index is 12.7. The van der Waals surface area contributed by atoms with E-state index in [1.807, 2.05) is 30.9 Å². The average molecular weight is 246 g/mol. The van der Waals surface area contributed by atoms with Crippen molar-refractivity contribution < 1.29 is 4.79 Å². The molecule has 0 spiro atoms. The first-order valence-corrected chi connectivity index (χ1v) is 6.61. The number of hydrogen-bond donors (Lipinski definition) is 1. The lowest BCUT2D eigenvalue weighted by molar-refractivity contribution is 0.0543. The summed E-state index contributed by atoms with van der Waals surface area (Å²) in [6.45, 7) is 9.99. The quantitative estimate of drug-likeness (QED) is 0.823. The van der Waals surface area contributed by atoms with Crippen molar-refractivity contribution in [1.82, 2.24) is 10.2 Å². The van der Waals surface area contributed by atoms with Crippen molar-refractivity contribution in [3.63, 3.8) is 0 Å². The van der Waals surface area contributed by atoms with Gasteiger partial charge in [0.1, 0.15) is 0 Å². The van der Waals surface area contributed by atoms with E-state index in [2.05, 4.69) is 25.2 Å². The van der Waals surface area contributed by atoms with Gasteiger partial charge in [-0.1, -0.05) is 17.7 Å². The molecule has 0 radical (unpaired) electrons. The molecular weight excluding hydrogens is 224 g/mol. The molecule has 1 heterocycles. The first-order chi connectivity index (χ1) is 8.50. The minimum atomic E-state index is 0.165. The molecule has 1 aliphatic rings. The zero-order valence-corrected chi connectivity index (χ0v) is 11.7. The van der Waals surface area contributed by atoms with Gasteiger partial charge >= 0.3 is 0 Å². The number of hydrogen-bond acceptors (Lipinski definition) is 2. The Labute approximate surface area is 109 Å². The lowest BCUT2D eigenvalue weighted by Gasteiger charge is -2.39. The van der Waals surface area contributed by atoms with E-state index >= 15 is 0 Å². The molecular formula is C15H22N2O. The first-order valence-electron chi connectivity index (χ1n) is 6.61. The minimum absolute atomic E-state index is 0.165. The number of amides is 1. The van der Waals surface area contributed by atoms with Gasteiger partial charge in [-0.25, -0.2) is 0 Å². The molecule has 1 aromatic rings. The largest absolute Gasteiger partial charge is 0.331 e. The molecule has 18 heavy (non-hydrogen) atoms. The van der Waals surface area contributed by atoms with Crippen LogP contribution in [0.15, 0.2) is 18.2 Å². The van der Waals surface area contributed by atoms with Crippen LogP contribution in [0.2, 0.25) is 0 Å². The third-order valence-electron chi connectivity index (χ3n) is 3.69. The molecule has 0 aliphatic carbocycles. The predicted octanol–water partition coefficient (Wildman–Crippen LogP) is 2.13. The molecule has 1 aliphatic heterocycles. The predicted molar refractivity (Wildman–Crippen MR) is 73.9 cm³/mol. The highest BCUT2D eigenvalue weighted by molar-refractivity contribution is 5.96. The van der Waals surface area contributed by atoms with Gasteiger partial charge in [0, 0.05) is 30.7 Å². The second kappa shape index (κ2) is 5.11. The molecule has 98 valence electrons. The Bertz CT molecular complexity index is 446. The second-order valence-electron chi connectivity index (χ2n) is 5.39. The average Bonchev–Trinajstić information content (AvgIpc) is 2.32. The summed E-state index contributed by atoms with van der Waals surface area (Å²) in [6.07, 6.45) is 0. The second-order valence-corrected chi connectivity index (χ2v) is 5.39. The van der Waals surface area contributed by atoms with E-state index < -0.39 is 0 Å². The molecule has 2 atom stereocenters. The number of nitrogens with zero attached hydrogens (tertiary/aromatic N) is 1. The Morgan fingerprint density at radius 1 is 1.22 bits per heavy atom. The molecule has 1 amide bonds. The number of aryl methyl sites for hydroxylation is 2. The van der Waals surface area contributed by atoms with Gasteiger partial charge in [0.2, 0.25) is 0 Å².